The van der Waals surface area contributed by atoms with Crippen LogP contribution < -0.4 is 5.32 Å². The van der Waals surface area contributed by atoms with E-state index >= 15 is 0 Å². The summed E-state index contributed by atoms with van der Waals surface area (Å²) in [7, 11) is 1.79. The molecule has 0 radical (unpaired) electrons. The molecule has 0 amide bonds. The Morgan fingerprint density at radius 1 is 1.05 bits per heavy atom. The summed E-state index contributed by atoms with van der Waals surface area (Å²) in [5, 5.41) is 3.60. The Hall–Kier alpha value is 0.0600. The Balaban J connectivity index is 2.55. The average molecular weight is 486 g/mol. The minimum Gasteiger partial charge on any atom is -0.309 e. The van der Waals surface area contributed by atoms with Crippen LogP contribution in [-0.2, 0) is 0 Å². The molecule has 0 aliphatic heterocycles. The molecule has 1 unspecified atom stereocenters. The van der Waals surface area contributed by atoms with E-state index in [4.69, 9.17) is 11.6 Å². The zero-order chi connectivity index (χ0) is 14.9. The maximum absolute atomic E-state index is 14.2. The van der Waals surface area contributed by atoms with Gasteiger partial charge in [0.2, 0.25) is 0 Å². The van der Waals surface area contributed by atoms with Crippen LogP contribution in [0.3, 0.4) is 0 Å². The van der Waals surface area contributed by atoms with Crippen molar-refractivity contribution in [2.45, 2.75) is 6.04 Å². The predicted molar refractivity (Wildman–Crippen MR) is 91.9 cm³/mol. The topological polar surface area (TPSA) is 12.0 Å². The van der Waals surface area contributed by atoms with Crippen LogP contribution in [0.25, 0.3) is 0 Å². The average Bonchev–Trinajstić information content (AvgIpc) is 2.35. The lowest BCUT2D eigenvalue weighted by atomic mass is 9.98. The fraction of sp³-hybridized carbons (Fsp3) is 0.143. The lowest BCUT2D eigenvalue weighted by molar-refractivity contribution is 0.575. The minimum atomic E-state index is -0.309. The smallest absolute Gasteiger partial charge is 0.129 e. The van der Waals surface area contributed by atoms with E-state index in [-0.39, 0.29) is 11.9 Å². The van der Waals surface area contributed by atoms with Gasteiger partial charge >= 0.3 is 0 Å². The third-order valence-electron chi connectivity index (χ3n) is 2.86. The fourth-order valence-corrected chi connectivity index (χ4v) is 3.82. The highest BCUT2D eigenvalue weighted by Crippen LogP contribution is 2.33. The first-order chi connectivity index (χ1) is 9.42. The molecule has 0 bridgehead atoms. The second kappa shape index (κ2) is 6.88. The normalized spacial score (nSPS) is 12.5. The van der Waals surface area contributed by atoms with Crippen LogP contribution in [0.4, 0.5) is 4.39 Å². The van der Waals surface area contributed by atoms with Crippen molar-refractivity contribution in [1.29, 1.82) is 0 Å². The summed E-state index contributed by atoms with van der Waals surface area (Å²) < 4.78 is 16.6. The number of hydrogen-bond donors (Lipinski definition) is 1. The van der Waals surface area contributed by atoms with E-state index < -0.39 is 0 Å². The van der Waals surface area contributed by atoms with Crippen LogP contribution in [0, 0.1) is 5.82 Å². The Labute approximate surface area is 147 Å². The van der Waals surface area contributed by atoms with Crippen molar-refractivity contribution < 1.29 is 4.39 Å². The molecular weight excluding hydrogens is 476 g/mol. The van der Waals surface area contributed by atoms with Crippen molar-refractivity contribution >= 4 is 59.4 Å². The van der Waals surface area contributed by atoms with Crippen LogP contribution in [0.5, 0.6) is 0 Å². The molecule has 1 N–H and O–H groups in total. The lowest BCUT2D eigenvalue weighted by Gasteiger charge is -2.19. The highest BCUT2D eigenvalue weighted by Gasteiger charge is 2.19. The Kier molecular flexibility index (Phi) is 5.65. The van der Waals surface area contributed by atoms with Gasteiger partial charge in [-0.2, -0.15) is 0 Å². The molecule has 1 atom stereocenters. The summed E-state index contributed by atoms with van der Waals surface area (Å²) in [6.45, 7) is 0. The number of benzene rings is 2. The summed E-state index contributed by atoms with van der Waals surface area (Å²) in [4.78, 5) is 0. The highest BCUT2D eigenvalue weighted by atomic mass is 79.9. The van der Waals surface area contributed by atoms with Gasteiger partial charge < -0.3 is 5.32 Å². The van der Waals surface area contributed by atoms with E-state index in [0.717, 1.165) is 14.5 Å². The molecule has 0 aromatic heterocycles. The fourth-order valence-electron chi connectivity index (χ4n) is 2.00. The standard InChI is InChI=1S/C14H10Br3ClFN/c1-20-14(7-2-8(15)4-9(16)3-7)10-5-12(18)11(17)6-13(10)19/h2-6,14,20H,1H3. The highest BCUT2D eigenvalue weighted by molar-refractivity contribution is 9.11. The molecule has 0 saturated heterocycles. The van der Waals surface area contributed by atoms with Gasteiger partial charge in [0.05, 0.1) is 11.1 Å². The SMILES string of the molecule is CNC(c1cc(Br)cc(Br)c1)c1cc(Cl)c(Br)cc1F. The summed E-state index contributed by atoms with van der Waals surface area (Å²) >= 11 is 16.2. The molecule has 2 rings (SSSR count). The number of nitrogens with one attached hydrogen (secondary N) is 1. The summed E-state index contributed by atoms with van der Waals surface area (Å²) in [6.07, 6.45) is 0. The van der Waals surface area contributed by atoms with Crippen molar-refractivity contribution in [1.82, 2.24) is 5.32 Å². The quantitative estimate of drug-likeness (QED) is 0.519. The van der Waals surface area contributed by atoms with Crippen LogP contribution in [0.2, 0.25) is 5.02 Å². The molecule has 0 aliphatic rings. The second-order valence-electron chi connectivity index (χ2n) is 4.21. The molecule has 106 valence electrons. The zero-order valence-corrected chi connectivity index (χ0v) is 15.9. The minimum absolute atomic E-state index is 0.283. The van der Waals surface area contributed by atoms with Crippen molar-refractivity contribution in [2.24, 2.45) is 0 Å². The van der Waals surface area contributed by atoms with Crippen LogP contribution in [0.1, 0.15) is 17.2 Å². The summed E-state index contributed by atoms with van der Waals surface area (Å²) in [6, 6.07) is 8.56. The summed E-state index contributed by atoms with van der Waals surface area (Å²) in [5.74, 6) is -0.309. The molecule has 1 nitrogen and oxygen atoms in total. The molecule has 2 aromatic rings. The number of hydrogen-bond acceptors (Lipinski definition) is 1. The van der Waals surface area contributed by atoms with Gasteiger partial charge in [0.15, 0.2) is 0 Å². The number of halogens is 5. The first-order valence-corrected chi connectivity index (χ1v) is 8.45. The van der Waals surface area contributed by atoms with Gasteiger partial charge in [-0.15, -0.1) is 0 Å². The van der Waals surface area contributed by atoms with Crippen LogP contribution in [0.15, 0.2) is 43.7 Å². The largest absolute Gasteiger partial charge is 0.309 e. The predicted octanol–water partition coefficient (Wildman–Crippen LogP) is 6.08. The molecular formula is C14H10Br3ClFN. The molecule has 0 fully saturated rings. The number of rotatable bonds is 3. The first kappa shape index (κ1) is 16.4. The van der Waals surface area contributed by atoms with E-state index in [1.165, 1.54) is 6.07 Å². The van der Waals surface area contributed by atoms with Gasteiger partial charge in [-0.05, 0) is 58.9 Å². The van der Waals surface area contributed by atoms with Gasteiger partial charge in [-0.25, -0.2) is 4.39 Å². The van der Waals surface area contributed by atoms with Crippen molar-refractivity contribution in [3.8, 4) is 0 Å². The van der Waals surface area contributed by atoms with Crippen molar-refractivity contribution in [2.75, 3.05) is 7.05 Å². The van der Waals surface area contributed by atoms with Gasteiger partial charge in [-0.3, -0.25) is 0 Å². The second-order valence-corrected chi connectivity index (χ2v) is 7.31. The van der Waals surface area contributed by atoms with Gasteiger partial charge in [0, 0.05) is 19.0 Å². The zero-order valence-electron chi connectivity index (χ0n) is 10.4. The molecule has 0 spiro atoms. The Morgan fingerprint density at radius 2 is 1.65 bits per heavy atom. The molecule has 6 heteroatoms. The van der Waals surface area contributed by atoms with E-state index in [1.807, 2.05) is 18.2 Å². The van der Waals surface area contributed by atoms with E-state index in [1.54, 1.807) is 13.1 Å². The third-order valence-corrected chi connectivity index (χ3v) is 4.97. The Bertz CT molecular complexity index is 628. The van der Waals surface area contributed by atoms with E-state index in [9.17, 15) is 4.39 Å². The Morgan fingerprint density at radius 3 is 2.20 bits per heavy atom. The van der Waals surface area contributed by atoms with Crippen LogP contribution >= 0.6 is 59.4 Å². The summed E-state index contributed by atoms with van der Waals surface area (Å²) in [5.41, 5.74) is 1.44. The van der Waals surface area contributed by atoms with E-state index in [2.05, 4.69) is 53.1 Å². The lowest BCUT2D eigenvalue weighted by Crippen LogP contribution is -2.19. The van der Waals surface area contributed by atoms with E-state index in [0.29, 0.717) is 15.1 Å². The molecule has 2 aromatic carbocycles. The maximum Gasteiger partial charge on any atom is 0.129 e. The molecule has 0 heterocycles. The molecule has 20 heavy (non-hydrogen) atoms. The molecule has 0 aliphatic carbocycles. The monoisotopic (exact) mass is 483 g/mol. The molecule has 0 saturated carbocycles. The van der Waals surface area contributed by atoms with Crippen LogP contribution in [-0.4, -0.2) is 7.05 Å². The maximum atomic E-state index is 14.2. The van der Waals surface area contributed by atoms with Crippen molar-refractivity contribution in [3.05, 3.63) is 65.7 Å². The van der Waals surface area contributed by atoms with Crippen molar-refractivity contribution in [3.63, 3.8) is 0 Å². The van der Waals surface area contributed by atoms with Gasteiger partial charge in [0.25, 0.3) is 0 Å². The van der Waals surface area contributed by atoms with Gasteiger partial charge in [-0.1, -0.05) is 43.5 Å². The first-order valence-electron chi connectivity index (χ1n) is 5.70. The van der Waals surface area contributed by atoms with Gasteiger partial charge in [0.1, 0.15) is 5.82 Å². The third kappa shape index (κ3) is 3.63.